The standard InChI is InChI=1S/C12H15ClN4O2S/c1-19-5-3-14-10(18)2-4-17-11-9(16-12(17)20)6-8(13)7-15-11/h6-7H,2-5H2,1H3,(H,14,18)(H,16,20). The lowest BCUT2D eigenvalue weighted by molar-refractivity contribution is -0.121. The summed E-state index contributed by atoms with van der Waals surface area (Å²) in [6.07, 6.45) is 1.89. The molecule has 2 N–H and O–H groups in total. The molecule has 8 heteroatoms. The van der Waals surface area contributed by atoms with Gasteiger partial charge >= 0.3 is 0 Å². The maximum Gasteiger partial charge on any atom is 0.221 e. The zero-order chi connectivity index (χ0) is 14.5. The second-order valence-corrected chi connectivity index (χ2v) is 5.02. The summed E-state index contributed by atoms with van der Waals surface area (Å²) in [5.41, 5.74) is 1.46. The van der Waals surface area contributed by atoms with Crippen LogP contribution in [-0.4, -0.2) is 40.7 Å². The van der Waals surface area contributed by atoms with Crippen molar-refractivity contribution in [2.45, 2.75) is 13.0 Å². The van der Waals surface area contributed by atoms with Gasteiger partial charge < -0.3 is 19.6 Å². The highest BCUT2D eigenvalue weighted by molar-refractivity contribution is 7.71. The Hall–Kier alpha value is -1.44. The van der Waals surface area contributed by atoms with Crippen LogP contribution in [0.2, 0.25) is 5.02 Å². The Morgan fingerprint density at radius 2 is 2.45 bits per heavy atom. The van der Waals surface area contributed by atoms with Gasteiger partial charge in [-0.3, -0.25) is 4.79 Å². The Kier molecular flexibility index (Phi) is 5.11. The number of aromatic nitrogens is 3. The molecule has 0 aromatic carbocycles. The number of halogens is 1. The Labute approximate surface area is 126 Å². The zero-order valence-corrected chi connectivity index (χ0v) is 12.6. The van der Waals surface area contributed by atoms with Gasteiger partial charge in [0.15, 0.2) is 10.4 Å². The number of pyridine rings is 1. The molecule has 2 heterocycles. The normalized spacial score (nSPS) is 10.9. The summed E-state index contributed by atoms with van der Waals surface area (Å²) < 4.78 is 7.18. The molecule has 1 amide bonds. The van der Waals surface area contributed by atoms with Gasteiger partial charge in [0.1, 0.15) is 0 Å². The van der Waals surface area contributed by atoms with Crippen LogP contribution in [0.25, 0.3) is 11.2 Å². The molecule has 0 radical (unpaired) electrons. The minimum Gasteiger partial charge on any atom is -0.383 e. The van der Waals surface area contributed by atoms with Gasteiger partial charge in [-0.1, -0.05) is 11.6 Å². The van der Waals surface area contributed by atoms with Crippen LogP contribution in [0.5, 0.6) is 0 Å². The van der Waals surface area contributed by atoms with Gasteiger partial charge in [-0.15, -0.1) is 0 Å². The van der Waals surface area contributed by atoms with E-state index in [4.69, 9.17) is 28.6 Å². The lowest BCUT2D eigenvalue weighted by atomic mass is 10.4. The monoisotopic (exact) mass is 314 g/mol. The molecule has 0 aliphatic rings. The van der Waals surface area contributed by atoms with Crippen LogP contribution in [0.3, 0.4) is 0 Å². The lowest BCUT2D eigenvalue weighted by Gasteiger charge is -2.05. The van der Waals surface area contributed by atoms with E-state index in [0.717, 1.165) is 5.52 Å². The third-order valence-electron chi connectivity index (χ3n) is 2.77. The third kappa shape index (κ3) is 3.56. The highest BCUT2D eigenvalue weighted by Gasteiger charge is 2.08. The number of H-pyrrole nitrogens is 1. The molecule has 6 nitrogen and oxygen atoms in total. The second-order valence-electron chi connectivity index (χ2n) is 4.20. The number of rotatable bonds is 6. The van der Waals surface area contributed by atoms with Crippen molar-refractivity contribution < 1.29 is 9.53 Å². The van der Waals surface area contributed by atoms with E-state index < -0.39 is 0 Å². The van der Waals surface area contributed by atoms with Gasteiger partial charge in [0.2, 0.25) is 5.91 Å². The Morgan fingerprint density at radius 3 is 3.20 bits per heavy atom. The first kappa shape index (κ1) is 15.0. The summed E-state index contributed by atoms with van der Waals surface area (Å²) in [6.45, 7) is 1.47. The summed E-state index contributed by atoms with van der Waals surface area (Å²) in [5.74, 6) is -0.0488. The lowest BCUT2D eigenvalue weighted by Crippen LogP contribution is -2.27. The SMILES string of the molecule is COCCNC(=O)CCn1c(=S)[nH]c2cc(Cl)cnc21. The molecule has 0 aliphatic heterocycles. The summed E-state index contributed by atoms with van der Waals surface area (Å²) >= 11 is 11.1. The quantitative estimate of drug-likeness (QED) is 0.631. The van der Waals surface area contributed by atoms with Crippen LogP contribution in [0.4, 0.5) is 0 Å². The number of fused-ring (bicyclic) bond motifs is 1. The van der Waals surface area contributed by atoms with Crippen molar-refractivity contribution in [3.63, 3.8) is 0 Å². The molecule has 0 fully saturated rings. The van der Waals surface area contributed by atoms with Crippen LogP contribution in [0.1, 0.15) is 6.42 Å². The Balaban J connectivity index is 2.05. The molecular formula is C12H15ClN4O2S. The first-order chi connectivity index (χ1) is 9.61. The summed E-state index contributed by atoms with van der Waals surface area (Å²) in [4.78, 5) is 18.9. The maximum atomic E-state index is 11.6. The van der Waals surface area contributed by atoms with Gasteiger partial charge in [-0.2, -0.15) is 0 Å². The Bertz CT molecular complexity index is 667. The Morgan fingerprint density at radius 1 is 1.65 bits per heavy atom. The molecule has 0 aliphatic carbocycles. The van der Waals surface area contributed by atoms with E-state index in [9.17, 15) is 4.79 Å². The van der Waals surface area contributed by atoms with E-state index in [2.05, 4.69) is 15.3 Å². The van der Waals surface area contributed by atoms with E-state index in [-0.39, 0.29) is 5.91 Å². The number of aryl methyl sites for hydroxylation is 1. The van der Waals surface area contributed by atoms with Gasteiger partial charge in [0.25, 0.3) is 0 Å². The molecule has 108 valence electrons. The molecule has 2 rings (SSSR count). The summed E-state index contributed by atoms with van der Waals surface area (Å²) in [6, 6.07) is 1.76. The average molecular weight is 315 g/mol. The van der Waals surface area contributed by atoms with Crippen LogP contribution >= 0.6 is 23.8 Å². The molecule has 2 aromatic rings. The summed E-state index contributed by atoms with van der Waals surface area (Å²) in [7, 11) is 1.59. The van der Waals surface area contributed by atoms with Gasteiger partial charge in [0.05, 0.1) is 17.1 Å². The van der Waals surface area contributed by atoms with E-state index in [1.807, 2.05) is 0 Å². The fraction of sp³-hybridized carbons (Fsp3) is 0.417. The first-order valence-electron chi connectivity index (χ1n) is 6.11. The number of nitrogens with zero attached hydrogens (tertiary/aromatic N) is 2. The molecular weight excluding hydrogens is 300 g/mol. The van der Waals surface area contributed by atoms with Crippen molar-refractivity contribution in [3.05, 3.63) is 22.1 Å². The molecule has 20 heavy (non-hydrogen) atoms. The van der Waals surface area contributed by atoms with Gasteiger partial charge in [0, 0.05) is 32.8 Å². The largest absolute Gasteiger partial charge is 0.383 e. The highest BCUT2D eigenvalue weighted by Crippen LogP contribution is 2.16. The fourth-order valence-electron chi connectivity index (χ4n) is 1.82. The van der Waals surface area contributed by atoms with Crippen LogP contribution in [-0.2, 0) is 16.1 Å². The van der Waals surface area contributed by atoms with E-state index >= 15 is 0 Å². The molecule has 0 spiro atoms. The molecule has 0 bridgehead atoms. The number of methoxy groups -OCH3 is 1. The van der Waals surface area contributed by atoms with Crippen LogP contribution in [0, 0.1) is 4.77 Å². The maximum absolute atomic E-state index is 11.6. The topological polar surface area (TPSA) is 71.9 Å². The van der Waals surface area contributed by atoms with Crippen LogP contribution < -0.4 is 5.32 Å². The number of carbonyl (C=O) groups is 1. The predicted molar refractivity (Wildman–Crippen MR) is 79.4 cm³/mol. The number of ether oxygens (including phenoxy) is 1. The van der Waals surface area contributed by atoms with Gasteiger partial charge in [-0.25, -0.2) is 4.98 Å². The van der Waals surface area contributed by atoms with Crippen molar-refractivity contribution in [2.75, 3.05) is 20.3 Å². The van der Waals surface area contributed by atoms with Crippen molar-refractivity contribution in [3.8, 4) is 0 Å². The van der Waals surface area contributed by atoms with E-state index in [1.165, 1.54) is 0 Å². The molecule has 0 saturated heterocycles. The number of nitrogens with one attached hydrogen (secondary N) is 2. The number of hydrogen-bond donors (Lipinski definition) is 2. The van der Waals surface area contributed by atoms with Gasteiger partial charge in [-0.05, 0) is 18.3 Å². The molecule has 0 saturated carbocycles. The number of imidazole rings is 1. The smallest absolute Gasteiger partial charge is 0.221 e. The molecule has 0 unspecified atom stereocenters. The van der Waals surface area contributed by atoms with Crippen molar-refractivity contribution in [1.82, 2.24) is 19.9 Å². The molecule has 0 atom stereocenters. The minimum atomic E-state index is -0.0488. The molecule has 2 aromatic heterocycles. The third-order valence-corrected chi connectivity index (χ3v) is 3.30. The summed E-state index contributed by atoms with van der Waals surface area (Å²) in [5, 5.41) is 3.30. The number of amides is 1. The first-order valence-corrected chi connectivity index (χ1v) is 6.90. The number of carbonyl (C=O) groups excluding carboxylic acids is 1. The highest BCUT2D eigenvalue weighted by atomic mass is 35.5. The minimum absolute atomic E-state index is 0.0488. The zero-order valence-electron chi connectivity index (χ0n) is 11.0. The van der Waals surface area contributed by atoms with Crippen molar-refractivity contribution in [1.29, 1.82) is 0 Å². The predicted octanol–water partition coefficient (Wildman–Crippen LogP) is 1.90. The van der Waals surface area contributed by atoms with E-state index in [1.54, 1.807) is 23.9 Å². The van der Waals surface area contributed by atoms with E-state index in [0.29, 0.717) is 41.6 Å². The average Bonchev–Trinajstić information content (AvgIpc) is 2.71. The number of aromatic amines is 1. The fourth-order valence-corrected chi connectivity index (χ4v) is 2.27. The number of hydrogen-bond acceptors (Lipinski definition) is 4. The van der Waals surface area contributed by atoms with Crippen molar-refractivity contribution in [2.24, 2.45) is 0 Å². The van der Waals surface area contributed by atoms with Crippen LogP contribution in [0.15, 0.2) is 12.3 Å². The van der Waals surface area contributed by atoms with Crippen molar-refractivity contribution >= 4 is 40.9 Å². The second kappa shape index (κ2) is 6.83.